The van der Waals surface area contributed by atoms with Crippen molar-refractivity contribution in [3.8, 4) is 0 Å². The Hall–Kier alpha value is -1.31. The van der Waals surface area contributed by atoms with Gasteiger partial charge in [0.05, 0.1) is 6.04 Å². The molecule has 0 spiro atoms. The Bertz CT molecular complexity index is 619. The van der Waals surface area contributed by atoms with E-state index < -0.39 is 0 Å². The summed E-state index contributed by atoms with van der Waals surface area (Å²) in [4.78, 5) is 0. The molecule has 1 atom stereocenters. The summed E-state index contributed by atoms with van der Waals surface area (Å²) in [7, 11) is 2.00. The highest BCUT2D eigenvalue weighted by Gasteiger charge is 2.18. The zero-order valence-electron chi connectivity index (χ0n) is 13.3. The van der Waals surface area contributed by atoms with Crippen LogP contribution in [0.25, 0.3) is 0 Å². The van der Waals surface area contributed by atoms with Crippen molar-refractivity contribution in [2.45, 2.75) is 39.7 Å². The second-order valence-corrected chi connectivity index (χ2v) is 5.89. The fourth-order valence-electron chi connectivity index (χ4n) is 2.80. The molecule has 0 aliphatic heterocycles. The minimum absolute atomic E-state index is 0.138. The van der Waals surface area contributed by atoms with Gasteiger partial charge in [0.15, 0.2) is 0 Å². The Morgan fingerprint density at radius 3 is 2.33 bits per heavy atom. The fraction of sp³-hybridized carbons (Fsp3) is 0.368. The predicted octanol–water partition coefficient (Wildman–Crippen LogP) is 5.08. The minimum atomic E-state index is 0.138. The first-order valence-electron chi connectivity index (χ1n) is 7.65. The maximum atomic E-state index is 6.48. The van der Waals surface area contributed by atoms with Crippen molar-refractivity contribution in [2.24, 2.45) is 0 Å². The lowest BCUT2D eigenvalue weighted by molar-refractivity contribution is 0.683. The van der Waals surface area contributed by atoms with Crippen LogP contribution in [0.4, 0.5) is 0 Å². The maximum absolute atomic E-state index is 6.48. The summed E-state index contributed by atoms with van der Waals surface area (Å²) in [6, 6.07) is 13.2. The normalized spacial score (nSPS) is 12.4. The topological polar surface area (TPSA) is 12.0 Å². The number of benzene rings is 2. The smallest absolute Gasteiger partial charge is 0.0591 e. The predicted molar refractivity (Wildman–Crippen MR) is 92.3 cm³/mol. The van der Waals surface area contributed by atoms with Gasteiger partial charge < -0.3 is 5.32 Å². The molecule has 1 nitrogen and oxygen atoms in total. The molecule has 0 fully saturated rings. The molecule has 2 heteroatoms. The van der Waals surface area contributed by atoms with Gasteiger partial charge in [0.1, 0.15) is 0 Å². The van der Waals surface area contributed by atoms with Gasteiger partial charge >= 0.3 is 0 Å². The second-order valence-electron chi connectivity index (χ2n) is 5.49. The summed E-state index contributed by atoms with van der Waals surface area (Å²) in [5.41, 5.74) is 6.42. The number of nitrogens with one attached hydrogen (secondary N) is 1. The average molecular weight is 302 g/mol. The Labute approximate surface area is 133 Å². The molecule has 0 saturated carbocycles. The van der Waals surface area contributed by atoms with E-state index in [0.29, 0.717) is 0 Å². The highest BCUT2D eigenvalue weighted by atomic mass is 35.5. The summed E-state index contributed by atoms with van der Waals surface area (Å²) in [5, 5.41) is 4.27. The lowest BCUT2D eigenvalue weighted by Crippen LogP contribution is -2.20. The van der Waals surface area contributed by atoms with Crippen LogP contribution in [0, 0.1) is 6.92 Å². The molecule has 1 N–H and O–H groups in total. The summed E-state index contributed by atoms with van der Waals surface area (Å²) in [5.74, 6) is 0. The van der Waals surface area contributed by atoms with Gasteiger partial charge in [-0.2, -0.15) is 0 Å². The van der Waals surface area contributed by atoms with Crippen LogP contribution in [0.5, 0.6) is 0 Å². The van der Waals surface area contributed by atoms with Crippen LogP contribution in [0.1, 0.15) is 47.7 Å². The molecular formula is C19H24ClN. The monoisotopic (exact) mass is 301 g/mol. The number of aryl methyl sites for hydroxylation is 3. The molecule has 0 aliphatic carbocycles. The van der Waals surface area contributed by atoms with E-state index in [2.05, 4.69) is 56.4 Å². The van der Waals surface area contributed by atoms with Gasteiger partial charge in [-0.3, -0.25) is 0 Å². The molecule has 0 radical (unpaired) electrons. The highest BCUT2D eigenvalue weighted by Crippen LogP contribution is 2.31. The van der Waals surface area contributed by atoms with Crippen LogP contribution in [0.2, 0.25) is 5.02 Å². The van der Waals surface area contributed by atoms with E-state index >= 15 is 0 Å². The summed E-state index contributed by atoms with van der Waals surface area (Å²) in [6.07, 6.45) is 2.08. The molecule has 2 aromatic carbocycles. The van der Waals surface area contributed by atoms with E-state index in [-0.39, 0.29) is 6.04 Å². The van der Waals surface area contributed by atoms with Gasteiger partial charge in [0.25, 0.3) is 0 Å². The molecule has 1 unspecified atom stereocenters. The van der Waals surface area contributed by atoms with Crippen LogP contribution in [-0.4, -0.2) is 7.05 Å². The van der Waals surface area contributed by atoms with Gasteiger partial charge in [-0.05, 0) is 60.7 Å². The quantitative estimate of drug-likeness (QED) is 0.812. The molecule has 2 rings (SSSR count). The van der Waals surface area contributed by atoms with Crippen molar-refractivity contribution in [1.82, 2.24) is 5.32 Å². The van der Waals surface area contributed by atoms with E-state index in [1.807, 2.05) is 13.1 Å². The SMILES string of the molecule is CCc1ccc(CC)c(C(NC)c2ccc(C)cc2Cl)c1. The molecule has 0 aromatic heterocycles. The molecule has 0 bridgehead atoms. The van der Waals surface area contributed by atoms with Gasteiger partial charge in [-0.25, -0.2) is 0 Å². The van der Waals surface area contributed by atoms with Crippen molar-refractivity contribution in [1.29, 1.82) is 0 Å². The Morgan fingerprint density at radius 2 is 1.76 bits per heavy atom. The van der Waals surface area contributed by atoms with Crippen molar-refractivity contribution < 1.29 is 0 Å². The van der Waals surface area contributed by atoms with Crippen molar-refractivity contribution in [3.05, 3.63) is 69.2 Å². The highest BCUT2D eigenvalue weighted by molar-refractivity contribution is 6.31. The van der Waals surface area contributed by atoms with E-state index in [0.717, 1.165) is 23.4 Å². The summed E-state index contributed by atoms with van der Waals surface area (Å²) in [6.45, 7) is 6.46. The third-order valence-corrected chi connectivity index (χ3v) is 4.39. The Morgan fingerprint density at radius 1 is 1.00 bits per heavy atom. The third kappa shape index (κ3) is 3.48. The number of hydrogen-bond donors (Lipinski definition) is 1. The van der Waals surface area contributed by atoms with Gasteiger partial charge in [-0.1, -0.05) is 55.8 Å². The molecule has 0 saturated heterocycles. The molecular weight excluding hydrogens is 278 g/mol. The molecule has 21 heavy (non-hydrogen) atoms. The number of halogens is 1. The van der Waals surface area contributed by atoms with E-state index in [1.54, 1.807) is 0 Å². The van der Waals surface area contributed by atoms with E-state index in [4.69, 9.17) is 11.6 Å². The Balaban J connectivity index is 2.54. The molecule has 112 valence electrons. The first-order chi connectivity index (χ1) is 10.1. The average Bonchev–Trinajstić information content (AvgIpc) is 2.49. The van der Waals surface area contributed by atoms with Crippen LogP contribution in [-0.2, 0) is 12.8 Å². The van der Waals surface area contributed by atoms with Crippen LogP contribution < -0.4 is 5.32 Å². The first kappa shape index (κ1) is 16.1. The lowest BCUT2D eigenvalue weighted by Gasteiger charge is -2.22. The standard InChI is InChI=1S/C19H24ClN/c1-5-14-8-9-15(6-2)17(12-14)19(21-4)16-10-7-13(3)11-18(16)20/h7-12,19,21H,5-6H2,1-4H3. The van der Waals surface area contributed by atoms with E-state index in [9.17, 15) is 0 Å². The molecule has 2 aromatic rings. The molecule has 0 amide bonds. The van der Waals surface area contributed by atoms with Gasteiger partial charge in [0, 0.05) is 5.02 Å². The second kappa shape index (κ2) is 7.11. The third-order valence-electron chi connectivity index (χ3n) is 4.07. The number of hydrogen-bond acceptors (Lipinski definition) is 1. The zero-order valence-corrected chi connectivity index (χ0v) is 14.1. The fourth-order valence-corrected chi connectivity index (χ4v) is 3.14. The first-order valence-corrected chi connectivity index (χ1v) is 8.03. The van der Waals surface area contributed by atoms with E-state index in [1.165, 1.54) is 22.3 Å². The minimum Gasteiger partial charge on any atom is -0.309 e. The van der Waals surface area contributed by atoms with Crippen LogP contribution in [0.15, 0.2) is 36.4 Å². The van der Waals surface area contributed by atoms with Crippen molar-refractivity contribution in [2.75, 3.05) is 7.05 Å². The maximum Gasteiger partial charge on any atom is 0.0591 e. The largest absolute Gasteiger partial charge is 0.309 e. The molecule has 0 heterocycles. The molecule has 0 aliphatic rings. The zero-order chi connectivity index (χ0) is 15.4. The lowest BCUT2D eigenvalue weighted by atomic mass is 9.91. The summed E-state index contributed by atoms with van der Waals surface area (Å²) >= 11 is 6.48. The van der Waals surface area contributed by atoms with Crippen molar-refractivity contribution in [3.63, 3.8) is 0 Å². The van der Waals surface area contributed by atoms with Crippen molar-refractivity contribution >= 4 is 11.6 Å². The van der Waals surface area contributed by atoms with Crippen LogP contribution in [0.3, 0.4) is 0 Å². The van der Waals surface area contributed by atoms with Crippen LogP contribution >= 0.6 is 11.6 Å². The van der Waals surface area contributed by atoms with Gasteiger partial charge in [-0.15, -0.1) is 0 Å². The Kier molecular flexibility index (Phi) is 5.44. The number of rotatable bonds is 5. The van der Waals surface area contributed by atoms with Gasteiger partial charge in [0.2, 0.25) is 0 Å². The summed E-state index contributed by atoms with van der Waals surface area (Å²) < 4.78 is 0.